The molecule has 0 nitrogen and oxygen atoms in total. The molecule has 0 saturated heterocycles. The van der Waals surface area contributed by atoms with Crippen LogP contribution >= 0.6 is 11.6 Å². The molecule has 0 spiro atoms. The second-order valence-electron chi connectivity index (χ2n) is 4.92. The van der Waals surface area contributed by atoms with Gasteiger partial charge in [-0.15, -0.1) is 0 Å². The summed E-state index contributed by atoms with van der Waals surface area (Å²) < 4.78 is 0. The Kier molecular flexibility index (Phi) is 3.58. The molecule has 0 N–H and O–H groups in total. The van der Waals surface area contributed by atoms with E-state index in [9.17, 15) is 0 Å². The van der Waals surface area contributed by atoms with Gasteiger partial charge in [-0.1, -0.05) is 83.9 Å². The van der Waals surface area contributed by atoms with Crippen LogP contribution in [0, 0.1) is 6.92 Å². The molecular weight excluding hydrogens is 264 g/mol. The van der Waals surface area contributed by atoms with Crippen molar-refractivity contribution in [1.29, 1.82) is 0 Å². The van der Waals surface area contributed by atoms with Gasteiger partial charge in [0.25, 0.3) is 0 Å². The molecule has 0 saturated carbocycles. The zero-order chi connectivity index (χ0) is 13.9. The first kappa shape index (κ1) is 13.0. The van der Waals surface area contributed by atoms with Crippen molar-refractivity contribution >= 4 is 11.6 Å². The molecule has 0 aliphatic carbocycles. The Hall–Kier alpha value is -2.05. The van der Waals surface area contributed by atoms with E-state index >= 15 is 0 Å². The molecule has 0 atom stereocenters. The molecule has 3 aromatic rings. The van der Waals surface area contributed by atoms with Gasteiger partial charge in [0.1, 0.15) is 0 Å². The van der Waals surface area contributed by atoms with E-state index in [4.69, 9.17) is 11.6 Å². The Bertz CT molecular complexity index is 710. The van der Waals surface area contributed by atoms with Gasteiger partial charge in [0.05, 0.1) is 0 Å². The van der Waals surface area contributed by atoms with Crippen LogP contribution in [0.4, 0.5) is 0 Å². The van der Waals surface area contributed by atoms with Gasteiger partial charge in [0.15, 0.2) is 0 Å². The highest BCUT2D eigenvalue weighted by Crippen LogP contribution is 2.29. The molecule has 0 aliphatic heterocycles. The van der Waals surface area contributed by atoms with Crippen LogP contribution in [0.5, 0.6) is 0 Å². The number of benzene rings is 3. The Morgan fingerprint density at radius 2 is 1.10 bits per heavy atom. The summed E-state index contributed by atoms with van der Waals surface area (Å²) in [6.45, 7) is 2.10. The third kappa shape index (κ3) is 2.61. The maximum Gasteiger partial charge on any atom is 0.0484 e. The van der Waals surface area contributed by atoms with E-state index in [1.807, 2.05) is 24.3 Å². The number of hydrogen-bond donors (Lipinski definition) is 0. The Morgan fingerprint density at radius 3 is 1.70 bits per heavy atom. The molecule has 3 rings (SSSR count). The Labute approximate surface area is 124 Å². The van der Waals surface area contributed by atoms with E-state index in [0.717, 1.165) is 16.1 Å². The summed E-state index contributed by atoms with van der Waals surface area (Å²) in [5.74, 6) is 0. The zero-order valence-electron chi connectivity index (χ0n) is 11.3. The summed E-state index contributed by atoms with van der Waals surface area (Å²) in [5.41, 5.74) is 5.96. The summed E-state index contributed by atoms with van der Waals surface area (Å²) >= 11 is 6.23. The van der Waals surface area contributed by atoms with Gasteiger partial charge in [0, 0.05) is 10.6 Å². The van der Waals surface area contributed by atoms with Crippen molar-refractivity contribution in [1.82, 2.24) is 0 Å². The van der Waals surface area contributed by atoms with Gasteiger partial charge in [-0.3, -0.25) is 0 Å². The van der Waals surface area contributed by atoms with Crippen LogP contribution in [0.3, 0.4) is 0 Å². The van der Waals surface area contributed by atoms with Crippen LogP contribution in [0.25, 0.3) is 22.3 Å². The van der Waals surface area contributed by atoms with E-state index in [0.29, 0.717) is 0 Å². The first-order valence-corrected chi connectivity index (χ1v) is 7.04. The molecule has 0 unspecified atom stereocenters. The highest BCUT2D eigenvalue weighted by Gasteiger charge is 2.03. The quantitative estimate of drug-likeness (QED) is 0.541. The molecule has 0 amide bonds. The summed E-state index contributed by atoms with van der Waals surface area (Å²) in [4.78, 5) is 0. The van der Waals surface area contributed by atoms with Crippen molar-refractivity contribution in [3.63, 3.8) is 0 Å². The fourth-order valence-corrected chi connectivity index (χ4v) is 2.53. The van der Waals surface area contributed by atoms with Gasteiger partial charge in [-0.05, 0) is 29.7 Å². The first-order chi connectivity index (χ1) is 9.74. The normalized spacial score (nSPS) is 10.5. The molecule has 20 heavy (non-hydrogen) atoms. The standard InChI is InChI=1S/C19H15Cl/c1-14-6-8-15(9-7-14)16-10-12-17(13-11-16)18-4-2-3-5-19(18)20/h2-13H,1H3. The van der Waals surface area contributed by atoms with E-state index in [1.165, 1.54) is 16.7 Å². The monoisotopic (exact) mass is 278 g/mol. The van der Waals surface area contributed by atoms with Crippen molar-refractivity contribution in [2.24, 2.45) is 0 Å². The maximum atomic E-state index is 6.23. The average molecular weight is 279 g/mol. The largest absolute Gasteiger partial charge is 0.0837 e. The lowest BCUT2D eigenvalue weighted by molar-refractivity contribution is 1.47. The summed E-state index contributed by atoms with van der Waals surface area (Å²) in [5, 5.41) is 0.788. The molecular formula is C19H15Cl. The molecule has 0 bridgehead atoms. The smallest absolute Gasteiger partial charge is 0.0484 e. The van der Waals surface area contributed by atoms with E-state index in [-0.39, 0.29) is 0 Å². The molecule has 0 aromatic heterocycles. The Balaban J connectivity index is 1.96. The fraction of sp³-hybridized carbons (Fsp3) is 0.0526. The summed E-state index contributed by atoms with van der Waals surface area (Å²) in [6.07, 6.45) is 0. The lowest BCUT2D eigenvalue weighted by atomic mass is 10.00. The van der Waals surface area contributed by atoms with Gasteiger partial charge in [0.2, 0.25) is 0 Å². The van der Waals surface area contributed by atoms with E-state index in [2.05, 4.69) is 55.5 Å². The zero-order valence-corrected chi connectivity index (χ0v) is 12.1. The van der Waals surface area contributed by atoms with Gasteiger partial charge in [-0.2, -0.15) is 0 Å². The minimum Gasteiger partial charge on any atom is -0.0837 e. The van der Waals surface area contributed by atoms with Crippen molar-refractivity contribution < 1.29 is 0 Å². The number of halogens is 1. The average Bonchev–Trinajstić information content (AvgIpc) is 2.49. The summed E-state index contributed by atoms with van der Waals surface area (Å²) in [6, 6.07) is 25.0. The lowest BCUT2D eigenvalue weighted by Gasteiger charge is -2.07. The Morgan fingerprint density at radius 1 is 0.600 bits per heavy atom. The van der Waals surface area contributed by atoms with Crippen LogP contribution in [0.15, 0.2) is 72.8 Å². The first-order valence-electron chi connectivity index (χ1n) is 6.66. The second-order valence-corrected chi connectivity index (χ2v) is 5.33. The molecule has 1 heteroatoms. The predicted molar refractivity (Wildman–Crippen MR) is 87.1 cm³/mol. The fourth-order valence-electron chi connectivity index (χ4n) is 2.28. The van der Waals surface area contributed by atoms with Gasteiger partial charge in [-0.25, -0.2) is 0 Å². The number of aryl methyl sites for hydroxylation is 1. The molecule has 98 valence electrons. The highest BCUT2D eigenvalue weighted by atomic mass is 35.5. The molecule has 3 aromatic carbocycles. The topological polar surface area (TPSA) is 0 Å². The van der Waals surface area contributed by atoms with Gasteiger partial charge < -0.3 is 0 Å². The maximum absolute atomic E-state index is 6.23. The van der Waals surface area contributed by atoms with Crippen molar-refractivity contribution in [3.05, 3.63) is 83.4 Å². The highest BCUT2D eigenvalue weighted by molar-refractivity contribution is 6.33. The SMILES string of the molecule is Cc1ccc(-c2ccc(-c3ccccc3Cl)cc2)cc1. The molecule has 0 fully saturated rings. The van der Waals surface area contributed by atoms with Crippen LogP contribution in [0.2, 0.25) is 5.02 Å². The minimum absolute atomic E-state index is 0.788. The third-order valence-corrected chi connectivity index (χ3v) is 3.78. The third-order valence-electron chi connectivity index (χ3n) is 3.45. The van der Waals surface area contributed by atoms with Crippen molar-refractivity contribution in [2.45, 2.75) is 6.92 Å². The van der Waals surface area contributed by atoms with Crippen LogP contribution in [-0.4, -0.2) is 0 Å². The molecule has 0 aliphatic rings. The van der Waals surface area contributed by atoms with Crippen molar-refractivity contribution in [2.75, 3.05) is 0 Å². The van der Waals surface area contributed by atoms with Crippen molar-refractivity contribution in [3.8, 4) is 22.3 Å². The van der Waals surface area contributed by atoms with Gasteiger partial charge >= 0.3 is 0 Å². The predicted octanol–water partition coefficient (Wildman–Crippen LogP) is 5.98. The number of hydrogen-bond acceptors (Lipinski definition) is 0. The van der Waals surface area contributed by atoms with E-state index < -0.39 is 0 Å². The molecule has 0 heterocycles. The van der Waals surface area contributed by atoms with Crippen LogP contribution in [0.1, 0.15) is 5.56 Å². The van der Waals surface area contributed by atoms with Crippen LogP contribution in [-0.2, 0) is 0 Å². The minimum atomic E-state index is 0.788. The summed E-state index contributed by atoms with van der Waals surface area (Å²) in [7, 11) is 0. The van der Waals surface area contributed by atoms with E-state index in [1.54, 1.807) is 0 Å². The van der Waals surface area contributed by atoms with Crippen LogP contribution < -0.4 is 0 Å². The lowest BCUT2D eigenvalue weighted by Crippen LogP contribution is -1.81. The number of rotatable bonds is 2. The second kappa shape index (κ2) is 5.52. The molecule has 0 radical (unpaired) electrons.